The number of carbonyl (C=O) groups excluding carboxylic acids is 2. The van der Waals surface area contributed by atoms with E-state index >= 15 is 0 Å². The first kappa shape index (κ1) is 21.1. The van der Waals surface area contributed by atoms with Gasteiger partial charge in [0, 0.05) is 35.2 Å². The number of hydrogen-bond acceptors (Lipinski definition) is 4. The van der Waals surface area contributed by atoms with Crippen LogP contribution in [-0.2, 0) is 14.8 Å². The first-order chi connectivity index (χ1) is 12.8. The molecule has 2 amide bonds. The van der Waals surface area contributed by atoms with Crippen LogP contribution in [0.1, 0.15) is 23.7 Å². The normalized spacial score (nSPS) is 11.0. The van der Waals surface area contributed by atoms with Crippen molar-refractivity contribution in [3.05, 3.63) is 58.6 Å². The second kappa shape index (κ2) is 9.63. The van der Waals surface area contributed by atoms with Gasteiger partial charge in [0.05, 0.1) is 4.90 Å². The zero-order valence-electron chi connectivity index (χ0n) is 14.7. The number of sulfonamides is 1. The van der Waals surface area contributed by atoms with E-state index in [1.807, 2.05) is 0 Å². The standard InChI is InChI=1S/C18H20BrN3O4S/c1-2-17(23)22-15-7-3-13(4-8-15)18(24)20-11-12-21-27(25,26)16-9-5-14(19)6-10-16/h3-10,21H,2,11-12H2,1H3,(H,20,24)(H,22,23). The molecule has 0 fully saturated rings. The fourth-order valence-corrected chi connectivity index (χ4v) is 3.41. The average molecular weight is 454 g/mol. The van der Waals surface area contributed by atoms with Crippen LogP contribution < -0.4 is 15.4 Å². The number of amides is 2. The minimum absolute atomic E-state index is 0.0643. The lowest BCUT2D eigenvalue weighted by molar-refractivity contribution is -0.115. The smallest absolute Gasteiger partial charge is 0.251 e. The van der Waals surface area contributed by atoms with Gasteiger partial charge in [0.1, 0.15) is 0 Å². The second-order valence-corrected chi connectivity index (χ2v) is 8.27. The Morgan fingerprint density at radius 3 is 2.19 bits per heavy atom. The van der Waals surface area contributed by atoms with Gasteiger partial charge in [-0.1, -0.05) is 22.9 Å². The predicted octanol–water partition coefficient (Wildman–Crippen LogP) is 2.51. The van der Waals surface area contributed by atoms with Crippen LogP contribution in [0.25, 0.3) is 0 Å². The lowest BCUT2D eigenvalue weighted by Crippen LogP contribution is -2.34. The van der Waals surface area contributed by atoms with Crippen LogP contribution in [0.15, 0.2) is 57.9 Å². The Morgan fingerprint density at radius 1 is 0.963 bits per heavy atom. The molecule has 7 nitrogen and oxygen atoms in total. The molecule has 0 unspecified atom stereocenters. The molecule has 0 aromatic heterocycles. The molecule has 0 saturated carbocycles. The van der Waals surface area contributed by atoms with Crippen molar-refractivity contribution in [2.45, 2.75) is 18.2 Å². The predicted molar refractivity (Wildman–Crippen MR) is 107 cm³/mol. The largest absolute Gasteiger partial charge is 0.351 e. The first-order valence-electron chi connectivity index (χ1n) is 8.25. The molecule has 0 spiro atoms. The van der Waals surface area contributed by atoms with Gasteiger partial charge in [0.15, 0.2) is 0 Å². The molecule has 0 heterocycles. The third kappa shape index (κ3) is 6.46. The third-order valence-electron chi connectivity index (χ3n) is 3.58. The van der Waals surface area contributed by atoms with Gasteiger partial charge in [0.2, 0.25) is 15.9 Å². The van der Waals surface area contributed by atoms with Gasteiger partial charge < -0.3 is 10.6 Å². The minimum atomic E-state index is -3.62. The Bertz CT molecular complexity index is 897. The fraction of sp³-hybridized carbons (Fsp3) is 0.222. The van der Waals surface area contributed by atoms with Crippen molar-refractivity contribution in [3.8, 4) is 0 Å². The van der Waals surface area contributed by atoms with Crippen LogP contribution in [-0.4, -0.2) is 33.3 Å². The van der Waals surface area contributed by atoms with E-state index in [1.165, 1.54) is 12.1 Å². The van der Waals surface area contributed by atoms with Crippen LogP contribution in [0.5, 0.6) is 0 Å². The number of benzene rings is 2. The molecular weight excluding hydrogens is 434 g/mol. The molecule has 0 aliphatic heterocycles. The van der Waals surface area contributed by atoms with E-state index in [1.54, 1.807) is 43.3 Å². The molecule has 9 heteroatoms. The zero-order valence-corrected chi connectivity index (χ0v) is 17.1. The highest BCUT2D eigenvalue weighted by Gasteiger charge is 2.13. The van der Waals surface area contributed by atoms with E-state index in [9.17, 15) is 18.0 Å². The molecule has 0 aliphatic rings. The number of carbonyl (C=O) groups is 2. The maximum Gasteiger partial charge on any atom is 0.251 e. The van der Waals surface area contributed by atoms with Gasteiger partial charge in [-0.25, -0.2) is 13.1 Å². The van der Waals surface area contributed by atoms with Gasteiger partial charge in [-0.3, -0.25) is 9.59 Å². The zero-order chi connectivity index (χ0) is 19.9. The van der Waals surface area contributed by atoms with Crippen molar-refractivity contribution < 1.29 is 18.0 Å². The summed E-state index contributed by atoms with van der Waals surface area (Å²) in [4.78, 5) is 23.6. The number of rotatable bonds is 8. The Morgan fingerprint density at radius 2 is 1.59 bits per heavy atom. The topological polar surface area (TPSA) is 104 Å². The molecule has 0 atom stereocenters. The number of halogens is 1. The maximum absolute atomic E-state index is 12.1. The van der Waals surface area contributed by atoms with Gasteiger partial charge in [-0.2, -0.15) is 0 Å². The summed E-state index contributed by atoms with van der Waals surface area (Å²) in [5.74, 6) is -0.434. The van der Waals surface area contributed by atoms with E-state index in [-0.39, 0.29) is 29.8 Å². The van der Waals surface area contributed by atoms with Crippen molar-refractivity contribution in [2.75, 3.05) is 18.4 Å². The Kier molecular flexibility index (Phi) is 7.52. The molecule has 2 aromatic carbocycles. The highest BCUT2D eigenvalue weighted by atomic mass is 79.9. The van der Waals surface area contributed by atoms with Crippen molar-refractivity contribution in [2.24, 2.45) is 0 Å². The minimum Gasteiger partial charge on any atom is -0.351 e. The number of nitrogens with one attached hydrogen (secondary N) is 3. The monoisotopic (exact) mass is 453 g/mol. The van der Waals surface area contributed by atoms with Crippen molar-refractivity contribution in [3.63, 3.8) is 0 Å². The van der Waals surface area contributed by atoms with E-state index in [0.29, 0.717) is 17.7 Å². The third-order valence-corrected chi connectivity index (χ3v) is 5.58. The Labute approximate surface area is 166 Å². The molecule has 0 saturated heterocycles. The van der Waals surface area contributed by atoms with Crippen molar-refractivity contribution in [1.82, 2.24) is 10.0 Å². The van der Waals surface area contributed by atoms with Crippen LogP contribution in [0.3, 0.4) is 0 Å². The van der Waals surface area contributed by atoms with Crippen LogP contribution >= 0.6 is 15.9 Å². The fourth-order valence-electron chi connectivity index (χ4n) is 2.11. The molecule has 3 N–H and O–H groups in total. The summed E-state index contributed by atoms with van der Waals surface area (Å²) < 4.78 is 27.5. The van der Waals surface area contributed by atoms with E-state index in [2.05, 4.69) is 31.3 Å². The quantitative estimate of drug-likeness (QED) is 0.533. The van der Waals surface area contributed by atoms with Gasteiger partial charge in [-0.15, -0.1) is 0 Å². The Balaban J connectivity index is 1.82. The van der Waals surface area contributed by atoms with Gasteiger partial charge >= 0.3 is 0 Å². The highest BCUT2D eigenvalue weighted by molar-refractivity contribution is 9.10. The SMILES string of the molecule is CCC(=O)Nc1ccc(C(=O)NCCNS(=O)(=O)c2ccc(Br)cc2)cc1. The number of anilines is 1. The number of hydrogen-bond donors (Lipinski definition) is 3. The summed E-state index contributed by atoms with van der Waals surface area (Å²) in [5.41, 5.74) is 1.03. The summed E-state index contributed by atoms with van der Waals surface area (Å²) in [5, 5.41) is 5.34. The lowest BCUT2D eigenvalue weighted by atomic mass is 10.2. The van der Waals surface area contributed by atoms with E-state index in [0.717, 1.165) is 4.47 Å². The molecule has 2 aromatic rings. The van der Waals surface area contributed by atoms with Crippen LogP contribution in [0.2, 0.25) is 0 Å². The summed E-state index contributed by atoms with van der Waals surface area (Å²) in [6.45, 7) is 1.96. The molecule has 27 heavy (non-hydrogen) atoms. The van der Waals surface area contributed by atoms with E-state index in [4.69, 9.17) is 0 Å². The van der Waals surface area contributed by atoms with Crippen molar-refractivity contribution >= 4 is 43.5 Å². The second-order valence-electron chi connectivity index (χ2n) is 5.59. The Hall–Kier alpha value is -2.23. The molecule has 0 radical (unpaired) electrons. The maximum atomic E-state index is 12.1. The summed E-state index contributed by atoms with van der Waals surface area (Å²) in [6.07, 6.45) is 0.373. The summed E-state index contributed by atoms with van der Waals surface area (Å²) in [6, 6.07) is 12.7. The summed E-state index contributed by atoms with van der Waals surface area (Å²) in [7, 11) is -3.62. The highest BCUT2D eigenvalue weighted by Crippen LogP contribution is 2.14. The first-order valence-corrected chi connectivity index (χ1v) is 10.5. The van der Waals surface area contributed by atoms with Gasteiger partial charge in [-0.05, 0) is 48.5 Å². The van der Waals surface area contributed by atoms with E-state index < -0.39 is 10.0 Å². The summed E-state index contributed by atoms with van der Waals surface area (Å²) >= 11 is 3.25. The molecule has 0 aliphatic carbocycles. The van der Waals surface area contributed by atoms with Gasteiger partial charge in [0.25, 0.3) is 5.91 Å². The van der Waals surface area contributed by atoms with Crippen LogP contribution in [0, 0.1) is 0 Å². The lowest BCUT2D eigenvalue weighted by Gasteiger charge is -2.09. The van der Waals surface area contributed by atoms with Crippen molar-refractivity contribution in [1.29, 1.82) is 0 Å². The molecule has 2 rings (SSSR count). The van der Waals surface area contributed by atoms with Crippen LogP contribution in [0.4, 0.5) is 5.69 Å². The molecular formula is C18H20BrN3O4S. The average Bonchev–Trinajstić information content (AvgIpc) is 2.66. The molecule has 144 valence electrons. The molecule has 0 bridgehead atoms.